The number of nitrogens with zero attached hydrogens (tertiary/aromatic N) is 1. The zero-order chi connectivity index (χ0) is 8.97. The third-order valence-electron chi connectivity index (χ3n) is 2.32. The highest BCUT2D eigenvalue weighted by Crippen LogP contribution is 2.18. The summed E-state index contributed by atoms with van der Waals surface area (Å²) in [5.74, 6) is -0.113. The lowest BCUT2D eigenvalue weighted by atomic mass is 10.1. The molecular weight excluding hydrogens is 154 g/mol. The number of rotatable bonds is 3. The molecule has 0 aromatic rings. The largest absolute Gasteiger partial charge is 0.478 e. The Balaban J connectivity index is 2.32. The van der Waals surface area contributed by atoms with Crippen LogP contribution in [0.3, 0.4) is 0 Å². The van der Waals surface area contributed by atoms with Gasteiger partial charge in [0.1, 0.15) is 0 Å². The Morgan fingerprint density at radius 1 is 1.75 bits per heavy atom. The van der Waals surface area contributed by atoms with Gasteiger partial charge in [-0.25, -0.2) is 4.79 Å². The second kappa shape index (κ2) is 4.14. The first-order valence-corrected chi connectivity index (χ1v) is 4.37. The molecule has 1 atom stereocenters. The third kappa shape index (κ3) is 2.57. The molecule has 0 aliphatic carbocycles. The molecule has 68 valence electrons. The number of aliphatic carboxylic acids is 1. The van der Waals surface area contributed by atoms with Crippen LogP contribution in [0.25, 0.3) is 0 Å². The van der Waals surface area contributed by atoms with Crippen LogP contribution in [-0.4, -0.2) is 29.1 Å². The molecule has 3 nitrogen and oxygen atoms in total. The van der Waals surface area contributed by atoms with E-state index in [-0.39, 0.29) is 0 Å². The van der Waals surface area contributed by atoms with Crippen LogP contribution >= 0.6 is 0 Å². The Labute approximate surface area is 72.7 Å². The van der Waals surface area contributed by atoms with Gasteiger partial charge in [-0.3, -0.25) is 0 Å². The van der Waals surface area contributed by atoms with Crippen LogP contribution < -0.4 is 0 Å². The number of carboxylic acids is 1. The summed E-state index contributed by atoms with van der Waals surface area (Å²) < 4.78 is 0. The van der Waals surface area contributed by atoms with Gasteiger partial charge in [0.2, 0.25) is 0 Å². The van der Waals surface area contributed by atoms with Crippen molar-refractivity contribution in [3.63, 3.8) is 0 Å². The number of likely N-dealkylation sites (tertiary alicyclic amines) is 1. The maximum atomic E-state index is 10.2. The van der Waals surface area contributed by atoms with E-state index in [2.05, 4.69) is 11.8 Å². The second-order valence-corrected chi connectivity index (χ2v) is 3.21. The lowest BCUT2D eigenvalue weighted by molar-refractivity contribution is -0.131. The Morgan fingerprint density at radius 2 is 2.50 bits per heavy atom. The van der Waals surface area contributed by atoms with E-state index in [0.717, 1.165) is 19.0 Å². The monoisotopic (exact) mass is 169 g/mol. The van der Waals surface area contributed by atoms with E-state index < -0.39 is 5.97 Å². The van der Waals surface area contributed by atoms with Gasteiger partial charge in [-0.05, 0) is 12.3 Å². The van der Waals surface area contributed by atoms with Crippen molar-refractivity contribution < 1.29 is 9.90 Å². The third-order valence-corrected chi connectivity index (χ3v) is 2.32. The van der Waals surface area contributed by atoms with Crippen LogP contribution in [0.1, 0.15) is 19.8 Å². The van der Waals surface area contributed by atoms with Crippen molar-refractivity contribution in [2.24, 2.45) is 5.92 Å². The highest BCUT2D eigenvalue weighted by molar-refractivity contribution is 5.79. The molecule has 0 spiro atoms. The summed E-state index contributed by atoms with van der Waals surface area (Å²) in [5.41, 5.74) is 0. The predicted octanol–water partition coefficient (Wildman–Crippen LogP) is 1.32. The average Bonchev–Trinajstić information content (AvgIpc) is 2.48. The van der Waals surface area contributed by atoms with E-state index in [1.54, 1.807) is 6.20 Å². The first-order chi connectivity index (χ1) is 5.72. The smallest absolute Gasteiger partial charge is 0.329 e. The van der Waals surface area contributed by atoms with E-state index in [9.17, 15) is 4.79 Å². The quantitative estimate of drug-likeness (QED) is 0.648. The van der Waals surface area contributed by atoms with Crippen molar-refractivity contribution in [2.45, 2.75) is 19.8 Å². The molecule has 1 fully saturated rings. The lowest BCUT2D eigenvalue weighted by Gasteiger charge is -2.11. The Bertz CT molecular complexity index is 189. The molecule has 1 N–H and O–H groups in total. The molecule has 0 amide bonds. The standard InChI is InChI=1S/C9H15NO2/c1-2-8-3-5-10(7-8)6-4-9(11)12/h4,6,8H,2-3,5,7H2,1H3,(H,11,12)/b6-4+. The molecule has 1 saturated heterocycles. The van der Waals surface area contributed by atoms with E-state index in [4.69, 9.17) is 5.11 Å². The maximum Gasteiger partial charge on any atom is 0.329 e. The summed E-state index contributed by atoms with van der Waals surface area (Å²) in [6, 6.07) is 0. The van der Waals surface area contributed by atoms with Gasteiger partial charge in [0.25, 0.3) is 0 Å². The topological polar surface area (TPSA) is 40.5 Å². The Kier molecular flexibility index (Phi) is 3.14. The van der Waals surface area contributed by atoms with E-state index >= 15 is 0 Å². The van der Waals surface area contributed by atoms with E-state index in [1.807, 2.05) is 0 Å². The number of hydrogen-bond donors (Lipinski definition) is 1. The number of carboxylic acid groups (broad SMARTS) is 1. The first-order valence-electron chi connectivity index (χ1n) is 4.37. The maximum absolute atomic E-state index is 10.2. The molecule has 12 heavy (non-hydrogen) atoms. The van der Waals surface area contributed by atoms with Crippen LogP contribution in [-0.2, 0) is 4.79 Å². The molecule has 1 unspecified atom stereocenters. The van der Waals surface area contributed by atoms with Crippen molar-refractivity contribution in [3.8, 4) is 0 Å². The van der Waals surface area contributed by atoms with Crippen molar-refractivity contribution in [3.05, 3.63) is 12.3 Å². The van der Waals surface area contributed by atoms with Crippen molar-refractivity contribution in [1.29, 1.82) is 0 Å². The molecule has 1 rings (SSSR count). The highest BCUT2D eigenvalue weighted by Gasteiger charge is 2.17. The molecule has 1 heterocycles. The highest BCUT2D eigenvalue weighted by atomic mass is 16.4. The lowest BCUT2D eigenvalue weighted by Crippen LogP contribution is -2.13. The van der Waals surface area contributed by atoms with Crippen LogP contribution in [0.2, 0.25) is 0 Å². The Hall–Kier alpha value is -0.990. The van der Waals surface area contributed by atoms with Crippen molar-refractivity contribution in [1.82, 2.24) is 4.90 Å². The summed E-state index contributed by atoms with van der Waals surface area (Å²) in [5, 5.41) is 8.38. The molecule has 1 aliphatic heterocycles. The van der Waals surface area contributed by atoms with Crippen molar-refractivity contribution >= 4 is 5.97 Å². The van der Waals surface area contributed by atoms with Crippen LogP contribution in [0.4, 0.5) is 0 Å². The van der Waals surface area contributed by atoms with Crippen LogP contribution in [0.15, 0.2) is 12.3 Å². The predicted molar refractivity (Wildman–Crippen MR) is 46.7 cm³/mol. The fourth-order valence-corrected chi connectivity index (χ4v) is 1.50. The summed E-state index contributed by atoms with van der Waals surface area (Å²) >= 11 is 0. The second-order valence-electron chi connectivity index (χ2n) is 3.21. The minimum absolute atomic E-state index is 0.753. The average molecular weight is 169 g/mol. The zero-order valence-electron chi connectivity index (χ0n) is 7.36. The zero-order valence-corrected chi connectivity index (χ0v) is 7.36. The van der Waals surface area contributed by atoms with Gasteiger partial charge in [0.05, 0.1) is 0 Å². The van der Waals surface area contributed by atoms with Gasteiger partial charge in [-0.15, -0.1) is 0 Å². The van der Waals surface area contributed by atoms with Gasteiger partial charge in [-0.2, -0.15) is 0 Å². The van der Waals surface area contributed by atoms with Gasteiger partial charge < -0.3 is 10.0 Å². The normalized spacial score (nSPS) is 23.8. The van der Waals surface area contributed by atoms with Gasteiger partial charge in [0.15, 0.2) is 0 Å². The van der Waals surface area contributed by atoms with Crippen LogP contribution in [0, 0.1) is 5.92 Å². The summed E-state index contributed by atoms with van der Waals surface area (Å²) in [4.78, 5) is 12.3. The minimum atomic E-state index is -0.866. The first kappa shape index (κ1) is 9.10. The molecule has 1 aliphatic rings. The molecule has 0 aromatic carbocycles. The van der Waals surface area contributed by atoms with Gasteiger partial charge in [0, 0.05) is 25.4 Å². The molecule has 0 aromatic heterocycles. The molecule has 0 bridgehead atoms. The molecule has 0 radical (unpaired) electrons. The molecule has 3 heteroatoms. The van der Waals surface area contributed by atoms with Crippen molar-refractivity contribution in [2.75, 3.05) is 13.1 Å². The van der Waals surface area contributed by atoms with Gasteiger partial charge >= 0.3 is 5.97 Å². The SMILES string of the molecule is CCC1CCN(/C=C/C(=O)O)C1. The minimum Gasteiger partial charge on any atom is -0.478 e. The summed E-state index contributed by atoms with van der Waals surface area (Å²) in [7, 11) is 0. The number of carbonyl (C=O) groups is 1. The Morgan fingerprint density at radius 3 is 3.00 bits per heavy atom. The fraction of sp³-hybridized carbons (Fsp3) is 0.667. The number of hydrogen-bond acceptors (Lipinski definition) is 2. The molecular formula is C9H15NO2. The van der Waals surface area contributed by atoms with E-state index in [0.29, 0.717) is 0 Å². The van der Waals surface area contributed by atoms with E-state index in [1.165, 1.54) is 18.9 Å². The summed E-state index contributed by atoms with van der Waals surface area (Å²) in [6.07, 6.45) is 5.27. The van der Waals surface area contributed by atoms with Gasteiger partial charge in [-0.1, -0.05) is 13.3 Å². The molecule has 0 saturated carbocycles. The fourth-order valence-electron chi connectivity index (χ4n) is 1.50. The summed E-state index contributed by atoms with van der Waals surface area (Å²) in [6.45, 7) is 4.19. The van der Waals surface area contributed by atoms with Crippen LogP contribution in [0.5, 0.6) is 0 Å².